The normalized spacial score (nSPS) is 18.5. The maximum atomic E-state index is 5.98. The lowest BCUT2D eigenvalue weighted by molar-refractivity contribution is 0.177. The molecule has 7 heteroatoms. The van der Waals surface area contributed by atoms with Gasteiger partial charge in [-0.1, -0.05) is 30.3 Å². The van der Waals surface area contributed by atoms with Gasteiger partial charge in [-0.15, -0.1) is 10.2 Å². The molecule has 0 radical (unpaired) electrons. The maximum absolute atomic E-state index is 5.98. The average molecular weight is 355 g/mol. The number of aryl methyl sites for hydroxylation is 1. The first-order chi connectivity index (χ1) is 12.3. The topological polar surface area (TPSA) is 59.1 Å². The van der Waals surface area contributed by atoms with Crippen molar-refractivity contribution in [2.45, 2.75) is 22.8 Å². The van der Waals surface area contributed by atoms with Gasteiger partial charge < -0.3 is 14.3 Å². The van der Waals surface area contributed by atoms with Crippen LogP contribution in [0.1, 0.15) is 17.4 Å². The maximum Gasteiger partial charge on any atom is 0.198 e. The molecule has 1 fully saturated rings. The van der Waals surface area contributed by atoms with E-state index in [2.05, 4.69) is 56.8 Å². The van der Waals surface area contributed by atoms with Crippen molar-refractivity contribution >= 4 is 11.8 Å². The van der Waals surface area contributed by atoms with E-state index in [1.54, 1.807) is 6.33 Å². The van der Waals surface area contributed by atoms with Gasteiger partial charge in [0.15, 0.2) is 10.2 Å². The lowest BCUT2D eigenvalue weighted by Crippen LogP contribution is -2.45. The molecule has 1 aliphatic heterocycles. The van der Waals surface area contributed by atoms with Crippen LogP contribution in [0.25, 0.3) is 0 Å². The summed E-state index contributed by atoms with van der Waals surface area (Å²) in [5.74, 6) is 0.985. The van der Waals surface area contributed by atoms with Crippen molar-refractivity contribution in [2.24, 2.45) is 7.05 Å². The molecule has 0 bridgehead atoms. The van der Waals surface area contributed by atoms with Crippen molar-refractivity contribution in [1.82, 2.24) is 25.0 Å². The minimum Gasteiger partial charge on any atom is -0.453 e. The second-order valence-corrected chi connectivity index (χ2v) is 7.17. The molecule has 1 aromatic carbocycles. The fourth-order valence-corrected chi connectivity index (χ4v) is 3.78. The second kappa shape index (κ2) is 7.43. The summed E-state index contributed by atoms with van der Waals surface area (Å²) in [6.45, 7) is 3.82. The Morgan fingerprint density at radius 3 is 2.92 bits per heavy atom. The Morgan fingerprint density at radius 2 is 2.12 bits per heavy atom. The van der Waals surface area contributed by atoms with Crippen molar-refractivity contribution in [3.05, 3.63) is 60.1 Å². The standard InChI is InChI=1S/C18H21N5OS/c1-22-13-20-21-18(22)25-17-8-7-15(24-17)11-23-10-9-19-16(12-23)14-5-3-2-4-6-14/h2-8,13,16,19H,9-12H2,1H3. The van der Waals surface area contributed by atoms with Crippen molar-refractivity contribution in [1.29, 1.82) is 0 Å². The largest absolute Gasteiger partial charge is 0.453 e. The molecule has 0 spiro atoms. The number of aromatic nitrogens is 3. The van der Waals surface area contributed by atoms with Crippen LogP contribution in [-0.2, 0) is 13.6 Å². The summed E-state index contributed by atoms with van der Waals surface area (Å²) in [5, 5.41) is 13.2. The van der Waals surface area contributed by atoms with Crippen LogP contribution in [0.3, 0.4) is 0 Å². The Bertz CT molecular complexity index is 816. The molecular formula is C18H21N5OS. The molecule has 0 aliphatic carbocycles. The summed E-state index contributed by atoms with van der Waals surface area (Å²) >= 11 is 1.49. The highest BCUT2D eigenvalue weighted by molar-refractivity contribution is 7.99. The summed E-state index contributed by atoms with van der Waals surface area (Å²) in [7, 11) is 1.93. The van der Waals surface area contributed by atoms with Crippen LogP contribution >= 0.6 is 11.8 Å². The molecule has 3 aromatic rings. The number of hydrogen-bond donors (Lipinski definition) is 1. The number of benzene rings is 1. The van der Waals surface area contributed by atoms with Gasteiger partial charge in [-0.2, -0.15) is 0 Å². The van der Waals surface area contributed by atoms with Gasteiger partial charge in [-0.25, -0.2) is 0 Å². The predicted molar refractivity (Wildman–Crippen MR) is 96.3 cm³/mol. The fourth-order valence-electron chi connectivity index (χ4n) is 3.04. The summed E-state index contributed by atoms with van der Waals surface area (Å²) < 4.78 is 7.86. The van der Waals surface area contributed by atoms with Crippen molar-refractivity contribution < 1.29 is 4.42 Å². The highest BCUT2D eigenvalue weighted by Gasteiger charge is 2.21. The average Bonchev–Trinajstić information content (AvgIpc) is 3.26. The van der Waals surface area contributed by atoms with Gasteiger partial charge in [0.2, 0.25) is 0 Å². The molecule has 4 rings (SSSR count). The van der Waals surface area contributed by atoms with Gasteiger partial charge in [0.1, 0.15) is 12.1 Å². The lowest BCUT2D eigenvalue weighted by atomic mass is 10.0. The molecule has 0 amide bonds. The fraction of sp³-hybridized carbons (Fsp3) is 0.333. The van der Waals surface area contributed by atoms with Gasteiger partial charge in [0, 0.05) is 32.7 Å². The minimum absolute atomic E-state index is 0.373. The Morgan fingerprint density at radius 1 is 1.24 bits per heavy atom. The molecule has 1 aliphatic rings. The molecule has 2 aromatic heterocycles. The molecule has 1 N–H and O–H groups in total. The van der Waals surface area contributed by atoms with Crippen LogP contribution in [0, 0.1) is 0 Å². The molecular weight excluding hydrogens is 334 g/mol. The van der Waals surface area contributed by atoms with E-state index in [1.165, 1.54) is 17.3 Å². The van der Waals surface area contributed by atoms with Crippen LogP contribution in [-0.4, -0.2) is 39.3 Å². The van der Waals surface area contributed by atoms with Gasteiger partial charge in [-0.3, -0.25) is 4.90 Å². The van der Waals surface area contributed by atoms with Crippen LogP contribution in [0.5, 0.6) is 0 Å². The number of rotatable bonds is 5. The number of piperazine rings is 1. The zero-order valence-electron chi connectivity index (χ0n) is 14.1. The summed E-state index contributed by atoms with van der Waals surface area (Å²) in [6.07, 6.45) is 1.69. The highest BCUT2D eigenvalue weighted by Crippen LogP contribution is 2.28. The molecule has 1 atom stereocenters. The van der Waals surface area contributed by atoms with Gasteiger partial charge in [0.05, 0.1) is 6.54 Å². The van der Waals surface area contributed by atoms with E-state index < -0.39 is 0 Å². The van der Waals surface area contributed by atoms with Crippen LogP contribution < -0.4 is 5.32 Å². The second-order valence-electron chi connectivity index (χ2n) is 6.20. The quantitative estimate of drug-likeness (QED) is 0.759. The van der Waals surface area contributed by atoms with E-state index in [-0.39, 0.29) is 0 Å². The minimum atomic E-state index is 0.373. The highest BCUT2D eigenvalue weighted by atomic mass is 32.2. The zero-order valence-corrected chi connectivity index (χ0v) is 14.9. The summed E-state index contributed by atoms with van der Waals surface area (Å²) in [6, 6.07) is 15.1. The zero-order chi connectivity index (χ0) is 17.1. The molecule has 3 heterocycles. The molecule has 1 saturated heterocycles. The van der Waals surface area contributed by atoms with Gasteiger partial charge in [0.25, 0.3) is 0 Å². The van der Waals surface area contributed by atoms with Crippen LogP contribution in [0.15, 0.2) is 63.5 Å². The van der Waals surface area contributed by atoms with E-state index >= 15 is 0 Å². The van der Waals surface area contributed by atoms with E-state index in [1.807, 2.05) is 17.7 Å². The Labute approximate surface area is 151 Å². The SMILES string of the molecule is Cn1cnnc1Sc1ccc(CN2CCNC(c3ccccc3)C2)o1. The molecule has 25 heavy (non-hydrogen) atoms. The first-order valence-corrected chi connectivity index (χ1v) is 9.21. The van der Waals surface area contributed by atoms with Crippen molar-refractivity contribution in [2.75, 3.05) is 19.6 Å². The third-order valence-corrected chi connectivity index (χ3v) is 5.31. The third kappa shape index (κ3) is 3.95. The Hall–Kier alpha value is -2.09. The molecule has 0 saturated carbocycles. The Balaban J connectivity index is 1.38. The number of nitrogens with zero attached hydrogens (tertiary/aromatic N) is 4. The van der Waals surface area contributed by atoms with E-state index in [4.69, 9.17) is 4.42 Å². The molecule has 130 valence electrons. The first-order valence-electron chi connectivity index (χ1n) is 8.39. The van der Waals surface area contributed by atoms with Gasteiger partial charge >= 0.3 is 0 Å². The van der Waals surface area contributed by atoms with E-state index in [9.17, 15) is 0 Å². The smallest absolute Gasteiger partial charge is 0.198 e. The van der Waals surface area contributed by atoms with Crippen molar-refractivity contribution in [3.8, 4) is 0 Å². The van der Waals surface area contributed by atoms with Crippen LogP contribution in [0.2, 0.25) is 0 Å². The van der Waals surface area contributed by atoms with E-state index in [0.29, 0.717) is 6.04 Å². The molecule has 1 unspecified atom stereocenters. The van der Waals surface area contributed by atoms with E-state index in [0.717, 1.165) is 42.2 Å². The molecule has 6 nitrogen and oxygen atoms in total. The number of hydrogen-bond acceptors (Lipinski definition) is 6. The predicted octanol–water partition coefficient (Wildman–Crippen LogP) is 2.71. The number of nitrogens with one attached hydrogen (secondary N) is 1. The van der Waals surface area contributed by atoms with Crippen LogP contribution in [0.4, 0.5) is 0 Å². The summed E-state index contributed by atoms with van der Waals surface area (Å²) in [5.41, 5.74) is 1.34. The number of furan rings is 1. The first kappa shape index (κ1) is 16.4. The van der Waals surface area contributed by atoms with Crippen molar-refractivity contribution in [3.63, 3.8) is 0 Å². The Kier molecular flexibility index (Phi) is 4.87. The van der Waals surface area contributed by atoms with Gasteiger partial charge in [-0.05, 0) is 29.5 Å². The summed E-state index contributed by atoms with van der Waals surface area (Å²) in [4.78, 5) is 2.43. The lowest BCUT2D eigenvalue weighted by Gasteiger charge is -2.33. The monoisotopic (exact) mass is 355 g/mol. The third-order valence-electron chi connectivity index (χ3n) is 4.34.